The van der Waals surface area contributed by atoms with Crippen molar-refractivity contribution in [3.63, 3.8) is 0 Å². The minimum absolute atomic E-state index is 0.0342. The number of nitrogens with one attached hydrogen (secondary N) is 1. The molecule has 0 aliphatic carbocycles. The zero-order valence-electron chi connectivity index (χ0n) is 23.9. The van der Waals surface area contributed by atoms with Crippen LogP contribution in [0.2, 0.25) is 0 Å². The zero-order valence-corrected chi connectivity index (χ0v) is 23.9. The number of ketones is 2. The number of Topliss-reactive ketones (excluding diaryl/α,β-unsaturated/α-hetero) is 2. The second-order valence-electron chi connectivity index (χ2n) is 10.0. The van der Waals surface area contributed by atoms with Crippen molar-refractivity contribution in [2.45, 2.75) is 116 Å². The number of carboxylic acid groups (broad SMARTS) is 2. The van der Waals surface area contributed by atoms with Crippen LogP contribution in [-0.4, -0.2) is 72.6 Å². The molecule has 0 rings (SSSR count). The quantitative estimate of drug-likeness (QED) is 0.111. The summed E-state index contributed by atoms with van der Waals surface area (Å²) < 4.78 is 10.5. The van der Waals surface area contributed by atoms with Gasteiger partial charge in [-0.05, 0) is 25.7 Å². The van der Waals surface area contributed by atoms with E-state index >= 15 is 0 Å². The van der Waals surface area contributed by atoms with Gasteiger partial charge in [0.15, 0.2) is 5.78 Å². The Morgan fingerprint density at radius 3 is 1.79 bits per heavy atom. The fourth-order valence-electron chi connectivity index (χ4n) is 4.12. The first-order chi connectivity index (χ1) is 18.8. The summed E-state index contributed by atoms with van der Waals surface area (Å²) in [7, 11) is 0. The number of carbonyl (C=O) groups is 5. The van der Waals surface area contributed by atoms with Crippen molar-refractivity contribution in [3.8, 4) is 0 Å². The van der Waals surface area contributed by atoms with E-state index in [0.29, 0.717) is 26.1 Å². The van der Waals surface area contributed by atoms with E-state index in [9.17, 15) is 29.1 Å². The maximum absolute atomic E-state index is 12.2. The van der Waals surface area contributed by atoms with Crippen molar-refractivity contribution in [3.05, 3.63) is 0 Å². The average molecular weight is 558 g/mol. The highest BCUT2D eigenvalue weighted by Crippen LogP contribution is 2.16. The SMILES string of the molecule is CCCC(=O)COCCOCCNC(=O)CC[C@H](CC(=O)CCCCCCCCCCCCC(=O)O)C(=O)O. The number of amides is 1. The molecular formula is C29H51NO9. The molecule has 0 bridgehead atoms. The Balaban J connectivity index is 3.75. The van der Waals surface area contributed by atoms with Gasteiger partial charge in [-0.15, -0.1) is 0 Å². The molecule has 3 N–H and O–H groups in total. The van der Waals surface area contributed by atoms with Gasteiger partial charge < -0.3 is 25.0 Å². The third-order valence-corrected chi connectivity index (χ3v) is 6.37. The van der Waals surface area contributed by atoms with Crippen LogP contribution in [0.1, 0.15) is 116 Å². The summed E-state index contributed by atoms with van der Waals surface area (Å²) in [6.45, 7) is 3.21. The Morgan fingerprint density at radius 2 is 1.23 bits per heavy atom. The van der Waals surface area contributed by atoms with Gasteiger partial charge in [0.2, 0.25) is 5.91 Å². The second kappa shape index (κ2) is 25.9. The number of hydrogen-bond donors (Lipinski definition) is 3. The molecular weight excluding hydrogens is 506 g/mol. The molecule has 1 amide bonds. The maximum atomic E-state index is 12.2. The predicted molar refractivity (Wildman–Crippen MR) is 148 cm³/mol. The van der Waals surface area contributed by atoms with Crippen molar-refractivity contribution in [1.29, 1.82) is 0 Å². The molecule has 10 heteroatoms. The summed E-state index contributed by atoms with van der Waals surface area (Å²) in [5, 5.41) is 20.7. The van der Waals surface area contributed by atoms with Crippen molar-refractivity contribution in [2.24, 2.45) is 5.92 Å². The van der Waals surface area contributed by atoms with Gasteiger partial charge in [-0.25, -0.2) is 0 Å². The third-order valence-electron chi connectivity index (χ3n) is 6.37. The molecule has 0 heterocycles. The molecule has 0 saturated heterocycles. The average Bonchev–Trinajstić information content (AvgIpc) is 2.88. The number of carbonyl (C=O) groups excluding carboxylic acids is 3. The Bertz CT molecular complexity index is 696. The molecule has 0 radical (unpaired) electrons. The van der Waals surface area contributed by atoms with Crippen LogP contribution in [-0.2, 0) is 33.4 Å². The molecule has 39 heavy (non-hydrogen) atoms. The van der Waals surface area contributed by atoms with E-state index < -0.39 is 17.9 Å². The monoisotopic (exact) mass is 557 g/mol. The van der Waals surface area contributed by atoms with Crippen LogP contribution in [0, 0.1) is 5.92 Å². The minimum Gasteiger partial charge on any atom is -0.481 e. The van der Waals surface area contributed by atoms with Gasteiger partial charge in [0.25, 0.3) is 0 Å². The number of unbranched alkanes of at least 4 members (excludes halogenated alkanes) is 9. The lowest BCUT2D eigenvalue weighted by atomic mass is 9.94. The molecule has 0 aromatic rings. The summed E-state index contributed by atoms with van der Waals surface area (Å²) in [5.74, 6) is -2.93. The molecule has 0 fully saturated rings. The molecule has 0 saturated carbocycles. The molecule has 0 aromatic heterocycles. The lowest BCUT2D eigenvalue weighted by molar-refractivity contribution is -0.144. The van der Waals surface area contributed by atoms with Gasteiger partial charge in [0, 0.05) is 38.6 Å². The highest BCUT2D eigenvalue weighted by Gasteiger charge is 2.22. The van der Waals surface area contributed by atoms with E-state index in [-0.39, 0.29) is 62.9 Å². The number of ether oxygens (including phenoxy) is 2. The zero-order chi connectivity index (χ0) is 29.1. The fourth-order valence-corrected chi connectivity index (χ4v) is 4.12. The van der Waals surface area contributed by atoms with Crippen LogP contribution in [0.25, 0.3) is 0 Å². The number of aliphatic carboxylic acids is 2. The van der Waals surface area contributed by atoms with E-state index in [0.717, 1.165) is 70.6 Å². The molecule has 0 unspecified atom stereocenters. The van der Waals surface area contributed by atoms with E-state index in [1.54, 1.807) is 0 Å². The van der Waals surface area contributed by atoms with Gasteiger partial charge in [-0.1, -0.05) is 58.3 Å². The Morgan fingerprint density at radius 1 is 0.667 bits per heavy atom. The van der Waals surface area contributed by atoms with Gasteiger partial charge in [0.1, 0.15) is 12.4 Å². The van der Waals surface area contributed by atoms with E-state index in [1.165, 1.54) is 0 Å². The smallest absolute Gasteiger partial charge is 0.306 e. The molecule has 10 nitrogen and oxygen atoms in total. The lowest BCUT2D eigenvalue weighted by Gasteiger charge is -2.12. The first kappa shape index (κ1) is 36.7. The largest absolute Gasteiger partial charge is 0.481 e. The van der Waals surface area contributed by atoms with Crippen LogP contribution in [0.4, 0.5) is 0 Å². The lowest BCUT2D eigenvalue weighted by Crippen LogP contribution is -2.29. The van der Waals surface area contributed by atoms with Crippen molar-refractivity contribution >= 4 is 29.4 Å². The normalized spacial score (nSPS) is 11.7. The summed E-state index contributed by atoms with van der Waals surface area (Å²) in [4.78, 5) is 57.6. The number of hydrogen-bond acceptors (Lipinski definition) is 7. The Kier molecular flexibility index (Phi) is 24.4. The van der Waals surface area contributed by atoms with Gasteiger partial charge >= 0.3 is 11.9 Å². The van der Waals surface area contributed by atoms with E-state index in [4.69, 9.17) is 14.6 Å². The Hall–Kier alpha value is -2.33. The third kappa shape index (κ3) is 25.7. The molecule has 0 spiro atoms. The standard InChI is InChI=1S/C29H51NO9/c1-2-13-26(32)23-39-21-20-38-19-18-30-27(33)17-16-24(29(36)37)22-25(31)14-11-9-7-5-3-4-6-8-10-12-15-28(34)35/h24H,2-23H2,1H3,(H,30,33)(H,34,35)(H,36,37)/t24-/m1/s1. The summed E-state index contributed by atoms with van der Waals surface area (Å²) >= 11 is 0. The number of rotatable bonds is 29. The first-order valence-electron chi connectivity index (χ1n) is 14.7. The fraction of sp³-hybridized carbons (Fsp3) is 0.828. The van der Waals surface area contributed by atoms with Crippen LogP contribution >= 0.6 is 0 Å². The van der Waals surface area contributed by atoms with Crippen LogP contribution in [0.5, 0.6) is 0 Å². The van der Waals surface area contributed by atoms with Gasteiger partial charge in [-0.3, -0.25) is 24.0 Å². The highest BCUT2D eigenvalue weighted by molar-refractivity contribution is 5.84. The van der Waals surface area contributed by atoms with Crippen LogP contribution in [0.15, 0.2) is 0 Å². The maximum Gasteiger partial charge on any atom is 0.306 e. The summed E-state index contributed by atoms with van der Waals surface area (Å²) in [6.07, 6.45) is 12.1. The highest BCUT2D eigenvalue weighted by atomic mass is 16.5. The van der Waals surface area contributed by atoms with E-state index in [2.05, 4.69) is 5.32 Å². The summed E-state index contributed by atoms with van der Waals surface area (Å²) in [5.41, 5.74) is 0. The van der Waals surface area contributed by atoms with Crippen molar-refractivity contribution in [1.82, 2.24) is 5.32 Å². The molecule has 1 atom stereocenters. The second-order valence-corrected chi connectivity index (χ2v) is 10.0. The molecule has 226 valence electrons. The Labute approximate surface area is 233 Å². The van der Waals surface area contributed by atoms with Gasteiger partial charge in [-0.2, -0.15) is 0 Å². The van der Waals surface area contributed by atoms with Crippen molar-refractivity contribution < 1.29 is 43.7 Å². The molecule has 0 aromatic carbocycles. The minimum atomic E-state index is -1.06. The van der Waals surface area contributed by atoms with Gasteiger partial charge in [0.05, 0.1) is 25.7 Å². The van der Waals surface area contributed by atoms with Crippen LogP contribution < -0.4 is 5.32 Å². The molecule has 0 aliphatic rings. The van der Waals surface area contributed by atoms with Crippen molar-refractivity contribution in [2.75, 3.05) is 33.0 Å². The van der Waals surface area contributed by atoms with Crippen LogP contribution in [0.3, 0.4) is 0 Å². The van der Waals surface area contributed by atoms with E-state index in [1.807, 2.05) is 6.92 Å². The first-order valence-corrected chi connectivity index (χ1v) is 14.7. The molecule has 0 aliphatic heterocycles. The predicted octanol–water partition coefficient (Wildman–Crippen LogP) is 4.71. The number of carboxylic acids is 2. The topological polar surface area (TPSA) is 156 Å². The summed E-state index contributed by atoms with van der Waals surface area (Å²) in [6, 6.07) is 0.